The lowest BCUT2D eigenvalue weighted by Gasteiger charge is -2.38. The number of benzene rings is 2. The van der Waals surface area contributed by atoms with Crippen LogP contribution in [0.15, 0.2) is 47.4 Å². The highest BCUT2D eigenvalue weighted by atomic mass is 32.2. The van der Waals surface area contributed by atoms with Crippen molar-refractivity contribution in [2.75, 3.05) is 18.1 Å². The lowest BCUT2D eigenvalue weighted by molar-refractivity contribution is -0.120. The fourth-order valence-corrected chi connectivity index (χ4v) is 6.11. The molecule has 3 rings (SSSR count). The molecule has 1 aliphatic rings. The average Bonchev–Trinajstić information content (AvgIpc) is 3.22. The molecule has 0 aromatic heterocycles. The maximum Gasteiger partial charge on any atom is 0.411 e. The van der Waals surface area contributed by atoms with Gasteiger partial charge in [-0.25, -0.2) is 9.18 Å². The molecule has 0 aliphatic carbocycles. The van der Waals surface area contributed by atoms with E-state index in [-0.39, 0.29) is 23.4 Å². The number of halogens is 1. The summed E-state index contributed by atoms with van der Waals surface area (Å²) in [6.45, 7) is 16.3. The van der Waals surface area contributed by atoms with Gasteiger partial charge in [0.15, 0.2) is 8.32 Å². The summed E-state index contributed by atoms with van der Waals surface area (Å²) in [5.41, 5.74) is 1.00. The number of carbonyl (C=O) groups is 2. The number of hydrogen-bond donors (Lipinski definition) is 1. The van der Waals surface area contributed by atoms with Crippen LogP contribution in [0.4, 0.5) is 14.9 Å². The van der Waals surface area contributed by atoms with Crippen molar-refractivity contribution in [2.24, 2.45) is 0 Å². The molecule has 9 heteroatoms. The molecule has 0 bridgehead atoms. The summed E-state index contributed by atoms with van der Waals surface area (Å²) in [5.74, 6) is -1.00. The second-order valence-electron chi connectivity index (χ2n) is 12.3. The fraction of sp³-hybridized carbons (Fsp3) is 0.517. The number of thioether (sulfide) groups is 1. The minimum absolute atomic E-state index is 0.0239. The van der Waals surface area contributed by atoms with Gasteiger partial charge in [-0.15, -0.1) is 11.8 Å². The van der Waals surface area contributed by atoms with Crippen molar-refractivity contribution in [3.05, 3.63) is 48.3 Å². The third-order valence-corrected chi connectivity index (χ3v) is 12.4. The number of nitrogens with one attached hydrogen (secondary N) is 1. The van der Waals surface area contributed by atoms with E-state index < -0.39 is 37.8 Å². The summed E-state index contributed by atoms with van der Waals surface area (Å²) in [4.78, 5) is 29.0. The molecule has 0 saturated carbocycles. The molecule has 2 aromatic rings. The number of amides is 2. The van der Waals surface area contributed by atoms with Crippen molar-refractivity contribution in [2.45, 2.75) is 88.7 Å². The van der Waals surface area contributed by atoms with Crippen LogP contribution in [0.3, 0.4) is 0 Å². The van der Waals surface area contributed by atoms with Crippen LogP contribution in [-0.4, -0.2) is 55.8 Å². The van der Waals surface area contributed by atoms with Crippen LogP contribution in [0.5, 0.6) is 0 Å². The van der Waals surface area contributed by atoms with Gasteiger partial charge in [0, 0.05) is 17.9 Å². The highest BCUT2D eigenvalue weighted by Gasteiger charge is 2.46. The molecule has 0 unspecified atom stereocenters. The Balaban J connectivity index is 1.83. The van der Waals surface area contributed by atoms with Gasteiger partial charge in [-0.3, -0.25) is 9.69 Å². The van der Waals surface area contributed by atoms with E-state index in [1.807, 2.05) is 30.5 Å². The Bertz CT molecular complexity index is 1180. The predicted octanol–water partition coefficient (Wildman–Crippen LogP) is 7.55. The van der Waals surface area contributed by atoms with Crippen LogP contribution < -0.4 is 5.32 Å². The normalized spacial score (nSPS) is 18.4. The number of likely N-dealkylation sites (tertiary alicyclic amines) is 1. The topological polar surface area (TPSA) is 67.9 Å². The molecule has 1 aliphatic heterocycles. The zero-order valence-corrected chi connectivity index (χ0v) is 25.8. The number of ether oxygens (including phenoxy) is 1. The van der Waals surface area contributed by atoms with Crippen molar-refractivity contribution in [1.82, 2.24) is 4.90 Å². The van der Waals surface area contributed by atoms with Crippen LogP contribution in [0.1, 0.15) is 48.0 Å². The third kappa shape index (κ3) is 7.18. The van der Waals surface area contributed by atoms with E-state index in [4.69, 9.17) is 9.16 Å². The third-order valence-electron chi connectivity index (χ3n) is 7.11. The van der Waals surface area contributed by atoms with E-state index >= 15 is 4.39 Å². The maximum atomic E-state index is 15.2. The molecule has 1 saturated heterocycles. The van der Waals surface area contributed by atoms with Gasteiger partial charge in [-0.05, 0) is 74.5 Å². The van der Waals surface area contributed by atoms with E-state index in [1.54, 1.807) is 44.7 Å². The SMILES string of the molecule is CSc1ccccc1-c1ccc(NC(=O)[C@H]2C[C@@H](O[Si](C)(C)C(C)(C)C)CN2C(=O)OC(C)(C)C)c(F)c1. The molecule has 2 atom stereocenters. The zero-order chi connectivity index (χ0) is 28.5. The minimum atomic E-state index is -2.15. The first-order chi connectivity index (χ1) is 17.5. The second-order valence-corrected chi connectivity index (χ2v) is 17.9. The Labute approximate surface area is 231 Å². The van der Waals surface area contributed by atoms with Crippen LogP contribution in [0.2, 0.25) is 18.1 Å². The first-order valence-corrected chi connectivity index (χ1v) is 17.1. The van der Waals surface area contributed by atoms with Gasteiger partial charge in [0.1, 0.15) is 17.5 Å². The van der Waals surface area contributed by atoms with Gasteiger partial charge in [-0.2, -0.15) is 0 Å². The highest BCUT2D eigenvalue weighted by molar-refractivity contribution is 7.98. The predicted molar refractivity (Wildman–Crippen MR) is 156 cm³/mol. The average molecular weight is 561 g/mol. The summed E-state index contributed by atoms with van der Waals surface area (Å²) in [7, 11) is -2.15. The van der Waals surface area contributed by atoms with Crippen molar-refractivity contribution < 1.29 is 23.1 Å². The number of carbonyl (C=O) groups excluding carboxylic acids is 2. The lowest BCUT2D eigenvalue weighted by Crippen LogP contribution is -2.46. The summed E-state index contributed by atoms with van der Waals surface area (Å²) in [6.07, 6.45) is 1.40. The van der Waals surface area contributed by atoms with Gasteiger partial charge in [0.2, 0.25) is 5.91 Å². The zero-order valence-electron chi connectivity index (χ0n) is 24.0. The van der Waals surface area contributed by atoms with E-state index in [0.29, 0.717) is 6.42 Å². The number of nitrogens with zero attached hydrogens (tertiary/aromatic N) is 1. The van der Waals surface area contributed by atoms with Crippen LogP contribution in [0, 0.1) is 5.82 Å². The van der Waals surface area contributed by atoms with Crippen molar-refractivity contribution in [1.29, 1.82) is 0 Å². The molecule has 1 N–H and O–H groups in total. The molecular formula is C29H41FN2O4SSi. The Morgan fingerprint density at radius 1 is 1.08 bits per heavy atom. The van der Waals surface area contributed by atoms with E-state index in [0.717, 1.165) is 16.0 Å². The maximum absolute atomic E-state index is 15.2. The summed E-state index contributed by atoms with van der Waals surface area (Å²) in [6, 6.07) is 11.7. The fourth-order valence-electron chi connectivity index (χ4n) is 4.13. The largest absolute Gasteiger partial charge is 0.444 e. The van der Waals surface area contributed by atoms with Crippen molar-refractivity contribution in [3.8, 4) is 11.1 Å². The Morgan fingerprint density at radius 2 is 1.74 bits per heavy atom. The van der Waals surface area contributed by atoms with E-state index in [2.05, 4.69) is 39.2 Å². The summed E-state index contributed by atoms with van der Waals surface area (Å²) >= 11 is 1.59. The van der Waals surface area contributed by atoms with E-state index in [1.165, 1.54) is 11.0 Å². The number of hydrogen-bond acceptors (Lipinski definition) is 5. The van der Waals surface area contributed by atoms with E-state index in [9.17, 15) is 9.59 Å². The van der Waals surface area contributed by atoms with Gasteiger partial charge < -0.3 is 14.5 Å². The molecule has 38 heavy (non-hydrogen) atoms. The molecule has 1 heterocycles. The van der Waals surface area contributed by atoms with Crippen molar-refractivity contribution >= 4 is 37.8 Å². The first kappa shape index (κ1) is 30.2. The van der Waals surface area contributed by atoms with Gasteiger partial charge in [0.05, 0.1) is 11.8 Å². The molecule has 0 spiro atoms. The van der Waals surface area contributed by atoms with Gasteiger partial charge in [0.25, 0.3) is 0 Å². The Hall–Kier alpha value is -2.36. The number of anilines is 1. The molecule has 2 aromatic carbocycles. The lowest BCUT2D eigenvalue weighted by atomic mass is 10.0. The molecule has 208 valence electrons. The van der Waals surface area contributed by atoms with Crippen LogP contribution in [-0.2, 0) is 14.0 Å². The molecule has 1 fully saturated rings. The standard InChI is InChI=1S/C29H41FN2O4SSi/c1-28(2,3)35-27(34)32-18-20(36-38(8,9)29(4,5)6)17-24(32)26(33)31-23-15-14-19(16-22(23)30)21-12-10-11-13-25(21)37-7/h10-16,20,24H,17-18H2,1-9H3,(H,31,33)/t20-,24-/m1/s1. The number of rotatable bonds is 6. The van der Waals surface area contributed by atoms with Crippen LogP contribution in [0.25, 0.3) is 11.1 Å². The van der Waals surface area contributed by atoms with Gasteiger partial charge >= 0.3 is 6.09 Å². The minimum Gasteiger partial charge on any atom is -0.444 e. The summed E-state index contributed by atoms with van der Waals surface area (Å²) in [5, 5.41) is 2.68. The van der Waals surface area contributed by atoms with Gasteiger partial charge in [-0.1, -0.05) is 45.0 Å². The molecule has 2 amide bonds. The second kappa shape index (κ2) is 11.4. The molecule has 0 radical (unpaired) electrons. The quantitative estimate of drug-likeness (QED) is 0.292. The Morgan fingerprint density at radius 3 is 2.32 bits per heavy atom. The highest BCUT2D eigenvalue weighted by Crippen LogP contribution is 2.39. The monoisotopic (exact) mass is 560 g/mol. The molecule has 6 nitrogen and oxygen atoms in total. The van der Waals surface area contributed by atoms with Crippen molar-refractivity contribution in [3.63, 3.8) is 0 Å². The first-order valence-electron chi connectivity index (χ1n) is 12.9. The molecular weight excluding hydrogens is 519 g/mol. The smallest absolute Gasteiger partial charge is 0.411 e. The Kier molecular flexibility index (Phi) is 9.05. The summed E-state index contributed by atoms with van der Waals surface area (Å²) < 4.78 is 27.3. The van der Waals surface area contributed by atoms with Crippen LogP contribution >= 0.6 is 11.8 Å².